The molecule has 1 amide bonds. The standard InChI is InChI=1S/C19H21N3O3S/c1-14(23)21-16-7-9-17(10-8-16)26(24,25)22(2)12-11-15-13-20-19-6-4-3-5-18(15)19/h3-10,13,20H,11-12H2,1-2H3,(H,21,23). The van der Waals surface area contributed by atoms with Gasteiger partial charge >= 0.3 is 0 Å². The molecule has 2 aromatic carbocycles. The molecule has 0 saturated carbocycles. The Morgan fingerprint density at radius 1 is 1.12 bits per heavy atom. The number of nitrogens with one attached hydrogen (secondary N) is 2. The van der Waals surface area contributed by atoms with Crippen LogP contribution in [0.1, 0.15) is 12.5 Å². The number of aromatic amines is 1. The van der Waals surface area contributed by atoms with Crippen LogP contribution in [-0.4, -0.2) is 37.2 Å². The van der Waals surface area contributed by atoms with Crippen molar-refractivity contribution in [3.8, 4) is 0 Å². The Hall–Kier alpha value is -2.64. The van der Waals surface area contributed by atoms with E-state index in [4.69, 9.17) is 0 Å². The molecule has 1 heterocycles. The van der Waals surface area contributed by atoms with Crippen LogP contribution in [0.2, 0.25) is 0 Å². The van der Waals surface area contributed by atoms with Crippen LogP contribution in [0.4, 0.5) is 5.69 Å². The van der Waals surface area contributed by atoms with E-state index in [0.717, 1.165) is 16.5 Å². The topological polar surface area (TPSA) is 82.3 Å². The van der Waals surface area contributed by atoms with Crippen molar-refractivity contribution in [1.82, 2.24) is 9.29 Å². The molecule has 2 N–H and O–H groups in total. The normalized spacial score (nSPS) is 11.8. The summed E-state index contributed by atoms with van der Waals surface area (Å²) in [6.07, 6.45) is 2.54. The molecule has 0 saturated heterocycles. The molecule has 0 aliphatic heterocycles. The Balaban J connectivity index is 1.71. The first-order chi connectivity index (χ1) is 12.4. The van der Waals surface area contributed by atoms with Crippen LogP contribution in [0.5, 0.6) is 0 Å². The first-order valence-electron chi connectivity index (χ1n) is 8.27. The van der Waals surface area contributed by atoms with Crippen LogP contribution >= 0.6 is 0 Å². The molecule has 1 aromatic heterocycles. The van der Waals surface area contributed by atoms with Crippen molar-refractivity contribution in [2.75, 3.05) is 18.9 Å². The van der Waals surface area contributed by atoms with Crippen LogP contribution in [0, 0.1) is 0 Å². The van der Waals surface area contributed by atoms with E-state index in [-0.39, 0.29) is 10.8 Å². The number of fused-ring (bicyclic) bond motifs is 1. The van der Waals surface area contributed by atoms with Crippen LogP contribution in [0.3, 0.4) is 0 Å². The molecule has 3 aromatic rings. The minimum atomic E-state index is -3.58. The van der Waals surface area contributed by atoms with Crippen LogP contribution in [-0.2, 0) is 21.2 Å². The number of H-pyrrole nitrogens is 1. The number of carbonyl (C=O) groups is 1. The maximum Gasteiger partial charge on any atom is 0.242 e. The number of hydrogen-bond donors (Lipinski definition) is 2. The molecule has 7 heteroatoms. The molecule has 3 rings (SSSR count). The highest BCUT2D eigenvalue weighted by Crippen LogP contribution is 2.21. The van der Waals surface area contributed by atoms with E-state index in [1.807, 2.05) is 30.5 Å². The van der Waals surface area contributed by atoms with Gasteiger partial charge in [0.05, 0.1) is 4.90 Å². The second-order valence-corrected chi connectivity index (χ2v) is 8.19. The Morgan fingerprint density at radius 2 is 1.81 bits per heavy atom. The van der Waals surface area contributed by atoms with E-state index in [2.05, 4.69) is 10.3 Å². The summed E-state index contributed by atoms with van der Waals surface area (Å²) in [5.74, 6) is -0.198. The molecule has 136 valence electrons. The van der Waals surface area contributed by atoms with E-state index in [1.54, 1.807) is 19.2 Å². The number of hydrogen-bond acceptors (Lipinski definition) is 3. The van der Waals surface area contributed by atoms with Crippen molar-refractivity contribution in [3.63, 3.8) is 0 Å². The number of sulfonamides is 1. The Morgan fingerprint density at radius 3 is 2.50 bits per heavy atom. The Bertz CT molecular complexity index is 1020. The first-order valence-corrected chi connectivity index (χ1v) is 9.71. The van der Waals surface area contributed by atoms with Crippen LogP contribution < -0.4 is 5.32 Å². The number of nitrogens with zero attached hydrogens (tertiary/aromatic N) is 1. The lowest BCUT2D eigenvalue weighted by Gasteiger charge is -2.17. The van der Waals surface area contributed by atoms with Crippen molar-refractivity contribution in [2.45, 2.75) is 18.2 Å². The summed E-state index contributed by atoms with van der Waals surface area (Å²) in [5.41, 5.74) is 2.70. The zero-order valence-corrected chi connectivity index (χ0v) is 15.5. The summed E-state index contributed by atoms with van der Waals surface area (Å²) in [6, 6.07) is 14.1. The maximum atomic E-state index is 12.7. The van der Waals surface area contributed by atoms with Crippen molar-refractivity contribution >= 4 is 32.5 Å². The number of rotatable bonds is 6. The van der Waals surface area contributed by atoms with Gasteiger partial charge in [-0.05, 0) is 42.3 Å². The highest BCUT2D eigenvalue weighted by molar-refractivity contribution is 7.89. The van der Waals surface area contributed by atoms with Gasteiger partial charge < -0.3 is 10.3 Å². The number of para-hydroxylation sites is 1. The highest BCUT2D eigenvalue weighted by Gasteiger charge is 2.20. The molecule has 0 aliphatic rings. The zero-order chi connectivity index (χ0) is 18.7. The van der Waals surface area contributed by atoms with Gasteiger partial charge in [-0.15, -0.1) is 0 Å². The van der Waals surface area contributed by atoms with Crippen molar-refractivity contribution in [1.29, 1.82) is 0 Å². The van der Waals surface area contributed by atoms with Gasteiger partial charge in [0, 0.05) is 43.3 Å². The number of aromatic nitrogens is 1. The fourth-order valence-corrected chi connectivity index (χ4v) is 4.00. The molecule has 6 nitrogen and oxygen atoms in total. The van der Waals surface area contributed by atoms with E-state index in [9.17, 15) is 13.2 Å². The average molecular weight is 371 g/mol. The van der Waals surface area contributed by atoms with Crippen molar-refractivity contribution in [2.24, 2.45) is 0 Å². The predicted octanol–water partition coefficient (Wildman–Crippen LogP) is 2.99. The molecule has 0 bridgehead atoms. The largest absolute Gasteiger partial charge is 0.361 e. The number of likely N-dealkylation sites (N-methyl/N-ethyl adjacent to an activating group) is 1. The fraction of sp³-hybridized carbons (Fsp3) is 0.211. The summed E-state index contributed by atoms with van der Waals surface area (Å²) in [7, 11) is -2.00. The molecule has 0 spiro atoms. The average Bonchev–Trinajstić information content (AvgIpc) is 3.03. The lowest BCUT2D eigenvalue weighted by Crippen LogP contribution is -2.29. The van der Waals surface area contributed by atoms with E-state index in [0.29, 0.717) is 18.7 Å². The van der Waals surface area contributed by atoms with E-state index >= 15 is 0 Å². The number of carbonyl (C=O) groups excluding carboxylic acids is 1. The van der Waals surface area contributed by atoms with Gasteiger partial charge in [0.1, 0.15) is 0 Å². The summed E-state index contributed by atoms with van der Waals surface area (Å²) in [5, 5.41) is 3.73. The first kappa shape index (κ1) is 18.2. The number of anilines is 1. The zero-order valence-electron chi connectivity index (χ0n) is 14.7. The third-order valence-electron chi connectivity index (χ3n) is 4.25. The number of amides is 1. The maximum absolute atomic E-state index is 12.7. The van der Waals surface area contributed by atoms with Gasteiger partial charge in [-0.1, -0.05) is 18.2 Å². The second kappa shape index (κ2) is 7.31. The van der Waals surface area contributed by atoms with Gasteiger partial charge in [0.25, 0.3) is 0 Å². The molecule has 0 fully saturated rings. The van der Waals surface area contributed by atoms with Crippen molar-refractivity contribution < 1.29 is 13.2 Å². The molecule has 0 radical (unpaired) electrons. The summed E-state index contributed by atoms with van der Waals surface area (Å²) in [4.78, 5) is 14.5. The quantitative estimate of drug-likeness (QED) is 0.699. The monoisotopic (exact) mass is 371 g/mol. The van der Waals surface area contributed by atoms with Gasteiger partial charge in [0.15, 0.2) is 0 Å². The molecule has 0 aliphatic carbocycles. The fourth-order valence-electron chi connectivity index (χ4n) is 2.83. The lowest BCUT2D eigenvalue weighted by molar-refractivity contribution is -0.114. The molecule has 0 unspecified atom stereocenters. The SMILES string of the molecule is CC(=O)Nc1ccc(S(=O)(=O)N(C)CCc2c[nH]c3ccccc23)cc1. The molecule has 26 heavy (non-hydrogen) atoms. The predicted molar refractivity (Wildman–Crippen MR) is 103 cm³/mol. The van der Waals surface area contributed by atoms with Crippen LogP contribution in [0.15, 0.2) is 59.6 Å². The minimum Gasteiger partial charge on any atom is -0.361 e. The van der Waals surface area contributed by atoms with Gasteiger partial charge in [-0.3, -0.25) is 4.79 Å². The minimum absolute atomic E-state index is 0.198. The lowest BCUT2D eigenvalue weighted by atomic mass is 10.1. The van der Waals surface area contributed by atoms with E-state index in [1.165, 1.54) is 23.4 Å². The molecule has 0 atom stereocenters. The van der Waals surface area contributed by atoms with Crippen LogP contribution in [0.25, 0.3) is 10.9 Å². The summed E-state index contributed by atoms with van der Waals surface area (Å²) in [6.45, 7) is 1.78. The summed E-state index contributed by atoms with van der Waals surface area (Å²) < 4.78 is 26.8. The number of benzene rings is 2. The second-order valence-electron chi connectivity index (χ2n) is 6.14. The highest BCUT2D eigenvalue weighted by atomic mass is 32.2. The Labute approximate surface area is 152 Å². The Kier molecular flexibility index (Phi) is 5.11. The third-order valence-corrected chi connectivity index (χ3v) is 6.12. The molecular formula is C19H21N3O3S. The smallest absolute Gasteiger partial charge is 0.242 e. The third kappa shape index (κ3) is 3.79. The van der Waals surface area contributed by atoms with Gasteiger partial charge in [0.2, 0.25) is 15.9 Å². The van der Waals surface area contributed by atoms with Gasteiger partial charge in [-0.25, -0.2) is 12.7 Å². The van der Waals surface area contributed by atoms with Crippen molar-refractivity contribution in [3.05, 3.63) is 60.3 Å². The molecular weight excluding hydrogens is 350 g/mol. The van der Waals surface area contributed by atoms with Gasteiger partial charge in [-0.2, -0.15) is 0 Å². The van der Waals surface area contributed by atoms with E-state index < -0.39 is 10.0 Å². The summed E-state index contributed by atoms with van der Waals surface area (Å²) >= 11 is 0.